The van der Waals surface area contributed by atoms with Gasteiger partial charge in [0.25, 0.3) is 5.91 Å². The number of hydrogen-bond donors (Lipinski definition) is 2. The molecule has 9 heteroatoms. The molecule has 0 saturated heterocycles. The summed E-state index contributed by atoms with van der Waals surface area (Å²) in [5.41, 5.74) is 2.11. The Morgan fingerprint density at radius 1 is 1.00 bits per heavy atom. The van der Waals surface area contributed by atoms with Crippen LogP contribution in [0, 0.1) is 0 Å². The molecule has 8 nitrogen and oxygen atoms in total. The number of methoxy groups -OCH3 is 1. The average molecular weight is 449 g/mol. The maximum atomic E-state index is 12.9. The van der Waals surface area contributed by atoms with Gasteiger partial charge in [0.05, 0.1) is 23.8 Å². The van der Waals surface area contributed by atoms with Gasteiger partial charge in [-0.05, 0) is 60.7 Å². The molecule has 3 aromatic carbocycles. The Morgan fingerprint density at radius 3 is 2.34 bits per heavy atom. The van der Waals surface area contributed by atoms with Gasteiger partial charge in [0, 0.05) is 16.8 Å². The maximum Gasteiger partial charge on any atom is 0.256 e. The molecule has 162 valence electrons. The lowest BCUT2D eigenvalue weighted by atomic mass is 10.1. The minimum Gasteiger partial charge on any atom is -0.497 e. The lowest BCUT2D eigenvalue weighted by molar-refractivity contribution is 0.102. The fourth-order valence-corrected chi connectivity index (χ4v) is 3.60. The van der Waals surface area contributed by atoms with Crippen LogP contribution in [0.2, 0.25) is 0 Å². The van der Waals surface area contributed by atoms with Crippen LogP contribution in [0.3, 0.4) is 0 Å². The second-order valence-electron chi connectivity index (χ2n) is 6.83. The molecule has 0 unspecified atom stereocenters. The molecule has 0 spiro atoms. The Balaban J connectivity index is 1.59. The number of carbonyl (C=O) groups excluding carboxylic acids is 1. The first-order chi connectivity index (χ1) is 15.3. The highest BCUT2D eigenvalue weighted by Gasteiger charge is 2.17. The summed E-state index contributed by atoms with van der Waals surface area (Å²) in [5.74, 6) is 1.18. The molecule has 4 rings (SSSR count). The van der Waals surface area contributed by atoms with Gasteiger partial charge in [0.1, 0.15) is 5.75 Å². The van der Waals surface area contributed by atoms with Crippen LogP contribution < -0.4 is 15.2 Å². The number of primary sulfonamides is 1. The third-order valence-electron chi connectivity index (χ3n) is 4.72. The number of aromatic nitrogens is 1. The molecule has 32 heavy (non-hydrogen) atoms. The van der Waals surface area contributed by atoms with Crippen molar-refractivity contribution in [2.75, 3.05) is 12.4 Å². The Labute approximate surface area is 184 Å². The SMILES string of the molecule is COc1ccc(-c2cnc(-c3ccccc3C(=O)Nc3ccc(S(N)(=O)=O)cc3)o2)cc1. The summed E-state index contributed by atoms with van der Waals surface area (Å²) < 4.78 is 33.9. The number of hydrogen-bond acceptors (Lipinski definition) is 6. The van der Waals surface area contributed by atoms with E-state index in [1.165, 1.54) is 24.3 Å². The molecular formula is C23H19N3O5S. The van der Waals surface area contributed by atoms with Crippen molar-refractivity contribution in [2.24, 2.45) is 5.14 Å². The molecule has 3 N–H and O–H groups in total. The molecule has 0 saturated carbocycles. The van der Waals surface area contributed by atoms with Crippen LogP contribution in [0.25, 0.3) is 22.8 Å². The highest BCUT2D eigenvalue weighted by Crippen LogP contribution is 2.29. The largest absolute Gasteiger partial charge is 0.497 e. The van der Waals surface area contributed by atoms with Crippen LogP contribution in [-0.2, 0) is 10.0 Å². The predicted octanol–water partition coefficient (Wildman–Crippen LogP) is 3.92. The number of oxazole rings is 1. The zero-order valence-electron chi connectivity index (χ0n) is 17.0. The summed E-state index contributed by atoms with van der Waals surface area (Å²) in [6.07, 6.45) is 1.60. The third kappa shape index (κ3) is 4.53. The summed E-state index contributed by atoms with van der Waals surface area (Å²) in [6, 6.07) is 19.8. The van der Waals surface area contributed by atoms with Gasteiger partial charge >= 0.3 is 0 Å². The Kier molecular flexibility index (Phi) is 5.76. The first kappa shape index (κ1) is 21.3. The fourth-order valence-electron chi connectivity index (χ4n) is 3.08. The van der Waals surface area contributed by atoms with Gasteiger partial charge in [-0.1, -0.05) is 12.1 Å². The minimum atomic E-state index is -3.81. The smallest absolute Gasteiger partial charge is 0.256 e. The number of nitrogens with zero attached hydrogens (tertiary/aromatic N) is 1. The minimum absolute atomic E-state index is 0.0400. The van der Waals surface area contributed by atoms with Crippen molar-refractivity contribution in [3.63, 3.8) is 0 Å². The molecular weight excluding hydrogens is 430 g/mol. The van der Waals surface area contributed by atoms with E-state index in [0.717, 1.165) is 11.3 Å². The molecule has 0 aliphatic heterocycles. The van der Waals surface area contributed by atoms with Crippen LogP contribution >= 0.6 is 0 Å². The normalized spacial score (nSPS) is 11.2. The zero-order valence-corrected chi connectivity index (χ0v) is 17.8. The van der Waals surface area contributed by atoms with Crippen LogP contribution in [0.1, 0.15) is 10.4 Å². The van der Waals surface area contributed by atoms with Crippen molar-refractivity contribution < 1.29 is 22.4 Å². The molecule has 1 aromatic heterocycles. The van der Waals surface area contributed by atoms with Gasteiger partial charge in [0.15, 0.2) is 5.76 Å². The molecule has 0 atom stereocenters. The van der Waals surface area contributed by atoms with Gasteiger partial charge in [-0.15, -0.1) is 0 Å². The molecule has 0 fully saturated rings. The van der Waals surface area contributed by atoms with E-state index >= 15 is 0 Å². The number of amides is 1. The van der Waals surface area contributed by atoms with Crippen molar-refractivity contribution in [1.82, 2.24) is 4.98 Å². The molecule has 0 bridgehead atoms. The number of rotatable bonds is 6. The van der Waals surface area contributed by atoms with Crippen LogP contribution in [0.5, 0.6) is 5.75 Å². The van der Waals surface area contributed by atoms with Crippen molar-refractivity contribution in [2.45, 2.75) is 4.90 Å². The molecule has 4 aromatic rings. The van der Waals surface area contributed by atoms with Crippen LogP contribution in [0.15, 0.2) is 88.3 Å². The predicted molar refractivity (Wildman–Crippen MR) is 120 cm³/mol. The lowest BCUT2D eigenvalue weighted by Crippen LogP contribution is -2.14. The summed E-state index contributed by atoms with van der Waals surface area (Å²) in [4.78, 5) is 17.2. The molecule has 0 aliphatic rings. The van der Waals surface area contributed by atoms with Crippen molar-refractivity contribution in [1.29, 1.82) is 0 Å². The highest BCUT2D eigenvalue weighted by molar-refractivity contribution is 7.89. The van der Waals surface area contributed by atoms with E-state index in [9.17, 15) is 13.2 Å². The average Bonchev–Trinajstić information content (AvgIpc) is 3.29. The van der Waals surface area contributed by atoms with Gasteiger partial charge in [-0.3, -0.25) is 4.79 Å². The summed E-state index contributed by atoms with van der Waals surface area (Å²) in [7, 11) is -2.21. The van der Waals surface area contributed by atoms with Crippen molar-refractivity contribution >= 4 is 21.6 Å². The molecule has 0 aliphatic carbocycles. The number of nitrogens with one attached hydrogen (secondary N) is 1. The number of carbonyl (C=O) groups is 1. The van der Waals surface area contributed by atoms with Crippen molar-refractivity contribution in [3.05, 3.63) is 84.6 Å². The second-order valence-corrected chi connectivity index (χ2v) is 8.39. The summed E-state index contributed by atoms with van der Waals surface area (Å²) >= 11 is 0. The van der Waals surface area contributed by atoms with E-state index in [-0.39, 0.29) is 4.90 Å². The number of nitrogens with two attached hydrogens (primary N) is 1. The van der Waals surface area contributed by atoms with E-state index in [1.54, 1.807) is 37.6 Å². The Morgan fingerprint density at radius 2 is 1.69 bits per heavy atom. The van der Waals surface area contributed by atoms with Gasteiger partial charge in [0.2, 0.25) is 15.9 Å². The maximum absolute atomic E-state index is 12.9. The standard InChI is InChI=1S/C23H19N3O5S/c1-30-17-10-6-15(7-11-17)21-14-25-23(31-21)20-5-3-2-4-19(20)22(27)26-16-8-12-18(13-9-16)32(24,28)29/h2-14H,1H3,(H,26,27)(H2,24,28,29). The molecule has 1 amide bonds. The summed E-state index contributed by atoms with van der Waals surface area (Å²) in [6.45, 7) is 0. The lowest BCUT2D eigenvalue weighted by Gasteiger charge is -2.09. The Hall–Kier alpha value is -3.95. The number of sulfonamides is 1. The monoisotopic (exact) mass is 449 g/mol. The number of ether oxygens (including phenoxy) is 1. The van der Waals surface area contributed by atoms with E-state index < -0.39 is 15.9 Å². The number of benzene rings is 3. The quantitative estimate of drug-likeness (QED) is 0.460. The first-order valence-electron chi connectivity index (χ1n) is 9.49. The Bertz CT molecular complexity index is 1360. The van der Waals surface area contributed by atoms with Gasteiger partial charge in [-0.2, -0.15) is 0 Å². The first-order valence-corrected chi connectivity index (χ1v) is 11.0. The van der Waals surface area contributed by atoms with Gasteiger partial charge < -0.3 is 14.5 Å². The topological polar surface area (TPSA) is 125 Å². The van der Waals surface area contributed by atoms with Crippen LogP contribution in [0.4, 0.5) is 5.69 Å². The zero-order chi connectivity index (χ0) is 22.7. The van der Waals surface area contributed by atoms with Crippen molar-refractivity contribution in [3.8, 4) is 28.5 Å². The van der Waals surface area contributed by atoms with E-state index in [0.29, 0.717) is 28.5 Å². The molecule has 1 heterocycles. The highest BCUT2D eigenvalue weighted by atomic mass is 32.2. The fraction of sp³-hybridized carbons (Fsp3) is 0.0435. The van der Waals surface area contributed by atoms with E-state index in [2.05, 4.69) is 10.3 Å². The number of anilines is 1. The van der Waals surface area contributed by atoms with Crippen LogP contribution in [-0.4, -0.2) is 26.4 Å². The molecule has 0 radical (unpaired) electrons. The van der Waals surface area contributed by atoms with Gasteiger partial charge in [-0.25, -0.2) is 18.5 Å². The van der Waals surface area contributed by atoms with E-state index in [4.69, 9.17) is 14.3 Å². The third-order valence-corrected chi connectivity index (χ3v) is 5.65. The van der Waals surface area contributed by atoms with E-state index in [1.807, 2.05) is 24.3 Å². The second kappa shape index (κ2) is 8.66. The summed E-state index contributed by atoms with van der Waals surface area (Å²) in [5, 5.41) is 7.84.